The molecular formula is C15H13F4NO. The molecule has 1 aromatic heterocycles. The maximum absolute atomic E-state index is 13.2. The maximum atomic E-state index is 13.2. The minimum absolute atomic E-state index is 0.201. The number of aromatic amines is 1. The van der Waals surface area contributed by atoms with Crippen molar-refractivity contribution in [2.75, 3.05) is 0 Å². The van der Waals surface area contributed by atoms with Crippen LogP contribution in [-0.2, 0) is 6.18 Å². The van der Waals surface area contributed by atoms with E-state index in [4.69, 9.17) is 0 Å². The molecule has 0 aliphatic rings. The quantitative estimate of drug-likeness (QED) is 0.650. The summed E-state index contributed by atoms with van der Waals surface area (Å²) in [6, 6.07) is 2.26. The van der Waals surface area contributed by atoms with Gasteiger partial charge in [0.2, 0.25) is 5.78 Å². The van der Waals surface area contributed by atoms with E-state index in [2.05, 4.69) is 4.98 Å². The Hall–Kier alpha value is -2.11. The van der Waals surface area contributed by atoms with Gasteiger partial charge in [-0.2, -0.15) is 13.2 Å². The van der Waals surface area contributed by atoms with Crippen molar-refractivity contribution >= 4 is 5.78 Å². The summed E-state index contributed by atoms with van der Waals surface area (Å²) in [7, 11) is 0. The van der Waals surface area contributed by atoms with Crippen LogP contribution in [-0.4, -0.2) is 10.8 Å². The summed E-state index contributed by atoms with van der Waals surface area (Å²) in [4.78, 5) is 15.2. The Morgan fingerprint density at radius 1 is 1.10 bits per heavy atom. The van der Waals surface area contributed by atoms with Crippen molar-refractivity contribution in [2.24, 2.45) is 0 Å². The molecule has 0 spiro atoms. The fourth-order valence-corrected chi connectivity index (χ4v) is 2.10. The Morgan fingerprint density at radius 2 is 1.71 bits per heavy atom. The zero-order valence-corrected chi connectivity index (χ0v) is 11.7. The molecule has 0 unspecified atom stereocenters. The second kappa shape index (κ2) is 5.02. The summed E-state index contributed by atoms with van der Waals surface area (Å²) in [5.41, 5.74) is 0.907. The van der Waals surface area contributed by atoms with Crippen LogP contribution in [0.4, 0.5) is 17.6 Å². The van der Waals surface area contributed by atoms with E-state index in [-0.39, 0.29) is 11.3 Å². The predicted octanol–water partition coefficient (Wildman–Crippen LogP) is 4.33. The number of aryl methyl sites for hydroxylation is 1. The predicted molar refractivity (Wildman–Crippen MR) is 69.8 cm³/mol. The molecule has 21 heavy (non-hydrogen) atoms. The first kappa shape index (κ1) is 15.3. The van der Waals surface area contributed by atoms with Gasteiger partial charge in [-0.05, 0) is 50.1 Å². The van der Waals surface area contributed by atoms with Crippen molar-refractivity contribution in [3.63, 3.8) is 0 Å². The summed E-state index contributed by atoms with van der Waals surface area (Å²) >= 11 is 0. The van der Waals surface area contributed by atoms with Gasteiger partial charge < -0.3 is 4.98 Å². The summed E-state index contributed by atoms with van der Waals surface area (Å²) in [6.07, 6.45) is -4.84. The van der Waals surface area contributed by atoms with Gasteiger partial charge in [-0.25, -0.2) is 4.39 Å². The molecular weight excluding hydrogens is 286 g/mol. The van der Waals surface area contributed by atoms with E-state index in [1.807, 2.05) is 6.92 Å². The Morgan fingerprint density at radius 3 is 2.19 bits per heavy atom. The normalized spacial score (nSPS) is 11.8. The molecule has 0 fully saturated rings. The van der Waals surface area contributed by atoms with Crippen LogP contribution in [0.3, 0.4) is 0 Å². The molecule has 112 valence electrons. The Bertz CT molecular complexity index is 713. The van der Waals surface area contributed by atoms with E-state index in [1.54, 1.807) is 13.8 Å². The fraction of sp³-hybridized carbons (Fsp3) is 0.267. The molecule has 0 amide bonds. The average Bonchev–Trinajstić information content (AvgIpc) is 2.65. The van der Waals surface area contributed by atoms with Gasteiger partial charge in [-0.15, -0.1) is 0 Å². The number of alkyl halides is 3. The molecule has 0 aliphatic carbocycles. The SMILES string of the molecule is Cc1[nH]c(C(=O)c2ccc(F)c(C(F)(F)F)c2)c(C)c1C. The second-order valence-corrected chi connectivity index (χ2v) is 4.90. The molecule has 1 aromatic carbocycles. The monoisotopic (exact) mass is 299 g/mol. The van der Waals surface area contributed by atoms with Gasteiger partial charge in [0.1, 0.15) is 5.82 Å². The van der Waals surface area contributed by atoms with Crippen molar-refractivity contribution < 1.29 is 22.4 Å². The van der Waals surface area contributed by atoms with Crippen molar-refractivity contribution in [1.82, 2.24) is 4.98 Å². The van der Waals surface area contributed by atoms with E-state index in [0.29, 0.717) is 17.7 Å². The molecule has 2 aromatic rings. The maximum Gasteiger partial charge on any atom is 0.419 e. The van der Waals surface area contributed by atoms with Gasteiger partial charge in [0.05, 0.1) is 11.3 Å². The second-order valence-electron chi connectivity index (χ2n) is 4.90. The van der Waals surface area contributed by atoms with Gasteiger partial charge in [0.25, 0.3) is 0 Å². The number of H-pyrrole nitrogens is 1. The third kappa shape index (κ3) is 2.70. The zero-order chi connectivity index (χ0) is 15.9. The molecule has 0 radical (unpaired) electrons. The minimum Gasteiger partial charge on any atom is -0.356 e. The summed E-state index contributed by atoms with van der Waals surface area (Å²) in [5.74, 6) is -1.98. The molecule has 0 aliphatic heterocycles. The van der Waals surface area contributed by atoms with Crippen LogP contribution in [0, 0.1) is 26.6 Å². The van der Waals surface area contributed by atoms with Crippen molar-refractivity contribution in [3.05, 3.63) is 57.7 Å². The van der Waals surface area contributed by atoms with Gasteiger partial charge in [0.15, 0.2) is 0 Å². The van der Waals surface area contributed by atoms with Crippen LogP contribution in [0.5, 0.6) is 0 Å². The number of carbonyl (C=O) groups is 1. The van der Waals surface area contributed by atoms with Crippen LogP contribution in [0.25, 0.3) is 0 Å². The summed E-state index contributed by atoms with van der Waals surface area (Å²) in [6.45, 7) is 5.29. The minimum atomic E-state index is -4.84. The molecule has 1 N–H and O–H groups in total. The number of carbonyl (C=O) groups excluding carboxylic acids is 1. The molecule has 6 heteroatoms. The third-order valence-electron chi connectivity index (χ3n) is 3.57. The Labute approximate surface area is 118 Å². The number of ketones is 1. The van der Waals surface area contributed by atoms with E-state index >= 15 is 0 Å². The van der Waals surface area contributed by atoms with Crippen LogP contribution in [0.15, 0.2) is 18.2 Å². The van der Waals surface area contributed by atoms with Crippen LogP contribution in [0.1, 0.15) is 38.4 Å². The van der Waals surface area contributed by atoms with E-state index < -0.39 is 23.3 Å². The number of rotatable bonds is 2. The lowest BCUT2D eigenvalue weighted by Gasteiger charge is -2.09. The number of halogens is 4. The molecule has 0 bridgehead atoms. The molecule has 1 heterocycles. The fourth-order valence-electron chi connectivity index (χ4n) is 2.10. The number of hydrogen-bond donors (Lipinski definition) is 1. The Balaban J connectivity index is 2.52. The highest BCUT2D eigenvalue weighted by Crippen LogP contribution is 2.32. The third-order valence-corrected chi connectivity index (χ3v) is 3.57. The lowest BCUT2D eigenvalue weighted by molar-refractivity contribution is -0.140. The van der Waals surface area contributed by atoms with Gasteiger partial charge >= 0.3 is 6.18 Å². The molecule has 0 saturated heterocycles. The first-order chi connectivity index (χ1) is 9.62. The topological polar surface area (TPSA) is 32.9 Å². The highest BCUT2D eigenvalue weighted by Gasteiger charge is 2.35. The molecule has 2 nitrogen and oxygen atoms in total. The first-order valence-electron chi connectivity index (χ1n) is 6.20. The van der Waals surface area contributed by atoms with Crippen LogP contribution < -0.4 is 0 Å². The highest BCUT2D eigenvalue weighted by atomic mass is 19.4. The van der Waals surface area contributed by atoms with Crippen molar-refractivity contribution in [3.8, 4) is 0 Å². The molecule has 0 saturated carbocycles. The van der Waals surface area contributed by atoms with Crippen LogP contribution >= 0.6 is 0 Å². The van der Waals surface area contributed by atoms with E-state index in [9.17, 15) is 22.4 Å². The summed E-state index contributed by atoms with van der Waals surface area (Å²) in [5, 5.41) is 0. The number of hydrogen-bond acceptors (Lipinski definition) is 1. The van der Waals surface area contributed by atoms with Gasteiger partial charge in [0, 0.05) is 11.3 Å². The smallest absolute Gasteiger partial charge is 0.356 e. The summed E-state index contributed by atoms with van der Waals surface area (Å²) < 4.78 is 51.3. The lowest BCUT2D eigenvalue weighted by Crippen LogP contribution is -2.11. The van der Waals surface area contributed by atoms with E-state index in [0.717, 1.165) is 17.3 Å². The van der Waals surface area contributed by atoms with Crippen molar-refractivity contribution in [2.45, 2.75) is 26.9 Å². The molecule has 0 atom stereocenters. The number of aromatic nitrogens is 1. The largest absolute Gasteiger partial charge is 0.419 e. The van der Waals surface area contributed by atoms with E-state index in [1.165, 1.54) is 0 Å². The standard InChI is InChI=1S/C15H13F4NO/c1-7-8(2)13(20-9(7)3)14(21)10-4-5-12(16)11(6-10)15(17,18)19/h4-6,20H,1-3H3. The number of benzene rings is 1. The zero-order valence-electron chi connectivity index (χ0n) is 11.7. The first-order valence-corrected chi connectivity index (χ1v) is 6.20. The van der Waals surface area contributed by atoms with Gasteiger partial charge in [-0.3, -0.25) is 4.79 Å². The Kier molecular flexibility index (Phi) is 3.65. The van der Waals surface area contributed by atoms with Crippen LogP contribution in [0.2, 0.25) is 0 Å². The van der Waals surface area contributed by atoms with Gasteiger partial charge in [-0.1, -0.05) is 0 Å². The number of nitrogens with one attached hydrogen (secondary N) is 1. The average molecular weight is 299 g/mol. The molecule has 2 rings (SSSR count). The highest BCUT2D eigenvalue weighted by molar-refractivity contribution is 6.09. The lowest BCUT2D eigenvalue weighted by atomic mass is 10.0. The van der Waals surface area contributed by atoms with Crippen molar-refractivity contribution in [1.29, 1.82) is 0 Å².